The van der Waals surface area contributed by atoms with E-state index in [2.05, 4.69) is 29.5 Å². The first kappa shape index (κ1) is 11.1. The van der Waals surface area contributed by atoms with Crippen LogP contribution in [-0.2, 0) is 4.79 Å². The summed E-state index contributed by atoms with van der Waals surface area (Å²) >= 11 is 2.12. The molecular formula is C9H15IO. The van der Waals surface area contributed by atoms with E-state index in [0.717, 1.165) is 16.4 Å². The number of ketones is 1. The molecule has 0 saturated carbocycles. The number of unbranched alkanes of at least 4 members (excludes halogenated alkanes) is 1. The summed E-state index contributed by atoms with van der Waals surface area (Å²) in [5.41, 5.74) is 0. The zero-order chi connectivity index (χ0) is 8.85. The lowest BCUT2D eigenvalue weighted by molar-refractivity contribution is -0.117. The number of Topliss-reactive ketones (excluding diaryl/α,β-unsaturated/α-hetero) is 1. The highest BCUT2D eigenvalue weighted by Gasteiger charge is 2.09. The van der Waals surface area contributed by atoms with Gasteiger partial charge in [0.2, 0.25) is 0 Å². The van der Waals surface area contributed by atoms with Gasteiger partial charge in [-0.1, -0.05) is 33.3 Å². The Morgan fingerprint density at radius 3 is 2.45 bits per heavy atom. The third kappa shape index (κ3) is 4.56. The van der Waals surface area contributed by atoms with Crippen molar-refractivity contribution in [3.63, 3.8) is 0 Å². The van der Waals surface area contributed by atoms with Crippen molar-refractivity contribution in [2.45, 2.75) is 33.6 Å². The van der Waals surface area contributed by atoms with Gasteiger partial charge >= 0.3 is 0 Å². The van der Waals surface area contributed by atoms with Gasteiger partial charge in [0.1, 0.15) is 0 Å². The summed E-state index contributed by atoms with van der Waals surface area (Å²) in [6.45, 7) is 5.97. The van der Waals surface area contributed by atoms with Crippen LogP contribution >= 0.6 is 22.6 Å². The molecule has 0 aliphatic rings. The molecule has 0 heterocycles. The Labute approximate surface area is 82.4 Å². The standard InChI is InChI=1S/C9H15IO/c1-4-5-6-8(10)9(11)7(2)3/h6-7H,4-5H2,1-3H3/b8-6+. The van der Waals surface area contributed by atoms with E-state index in [0.29, 0.717) is 0 Å². The van der Waals surface area contributed by atoms with Crippen LogP contribution in [0.15, 0.2) is 9.66 Å². The monoisotopic (exact) mass is 266 g/mol. The predicted molar refractivity (Wildman–Crippen MR) is 56.9 cm³/mol. The van der Waals surface area contributed by atoms with Crippen LogP contribution in [0.3, 0.4) is 0 Å². The molecule has 0 rings (SSSR count). The second-order valence-electron chi connectivity index (χ2n) is 2.86. The maximum absolute atomic E-state index is 11.3. The molecule has 0 aromatic heterocycles. The highest BCUT2D eigenvalue weighted by Crippen LogP contribution is 2.14. The van der Waals surface area contributed by atoms with Crippen molar-refractivity contribution in [2.24, 2.45) is 5.92 Å². The average molecular weight is 266 g/mol. The largest absolute Gasteiger partial charge is 0.293 e. The molecule has 0 aliphatic carbocycles. The van der Waals surface area contributed by atoms with E-state index in [1.54, 1.807) is 0 Å². The average Bonchev–Trinajstić information content (AvgIpc) is 1.98. The summed E-state index contributed by atoms with van der Waals surface area (Å²) < 4.78 is 0.888. The van der Waals surface area contributed by atoms with Gasteiger partial charge in [0, 0.05) is 5.92 Å². The van der Waals surface area contributed by atoms with Crippen LogP contribution in [0.2, 0.25) is 0 Å². The molecular weight excluding hydrogens is 251 g/mol. The second-order valence-corrected chi connectivity index (χ2v) is 4.02. The van der Waals surface area contributed by atoms with Gasteiger partial charge in [0.25, 0.3) is 0 Å². The topological polar surface area (TPSA) is 17.1 Å². The van der Waals surface area contributed by atoms with Crippen molar-refractivity contribution < 1.29 is 4.79 Å². The molecule has 0 aromatic carbocycles. The van der Waals surface area contributed by atoms with Crippen molar-refractivity contribution >= 4 is 28.4 Å². The smallest absolute Gasteiger partial charge is 0.171 e. The molecule has 0 spiro atoms. The molecule has 2 heteroatoms. The van der Waals surface area contributed by atoms with Crippen LogP contribution in [-0.4, -0.2) is 5.78 Å². The van der Waals surface area contributed by atoms with Crippen LogP contribution in [0.5, 0.6) is 0 Å². The van der Waals surface area contributed by atoms with Gasteiger partial charge in [-0.2, -0.15) is 0 Å². The molecule has 0 fully saturated rings. The fourth-order valence-corrected chi connectivity index (χ4v) is 1.58. The molecule has 0 amide bonds. The van der Waals surface area contributed by atoms with E-state index >= 15 is 0 Å². The van der Waals surface area contributed by atoms with Gasteiger partial charge in [-0.15, -0.1) is 0 Å². The highest BCUT2D eigenvalue weighted by molar-refractivity contribution is 14.1. The van der Waals surface area contributed by atoms with Crippen LogP contribution in [0.1, 0.15) is 33.6 Å². The maximum Gasteiger partial charge on any atom is 0.171 e. The van der Waals surface area contributed by atoms with Gasteiger partial charge < -0.3 is 0 Å². The number of allylic oxidation sites excluding steroid dienone is 2. The molecule has 0 N–H and O–H groups in total. The number of halogens is 1. The number of rotatable bonds is 4. The lowest BCUT2D eigenvalue weighted by Crippen LogP contribution is -2.05. The number of carbonyl (C=O) groups excluding carboxylic acids is 1. The lowest BCUT2D eigenvalue weighted by atomic mass is 10.1. The minimum absolute atomic E-state index is 0.134. The Morgan fingerprint density at radius 2 is 2.09 bits per heavy atom. The van der Waals surface area contributed by atoms with Crippen molar-refractivity contribution in [2.75, 3.05) is 0 Å². The number of hydrogen-bond donors (Lipinski definition) is 0. The Hall–Kier alpha value is 0.140. The molecule has 0 bridgehead atoms. The van der Waals surface area contributed by atoms with Gasteiger partial charge in [-0.3, -0.25) is 4.79 Å². The SMILES string of the molecule is CCC/C=C(/I)C(=O)C(C)C. The van der Waals surface area contributed by atoms with Crippen molar-refractivity contribution in [3.05, 3.63) is 9.66 Å². The first-order valence-electron chi connectivity index (χ1n) is 3.99. The van der Waals surface area contributed by atoms with Crippen LogP contribution in [0, 0.1) is 5.92 Å². The fraction of sp³-hybridized carbons (Fsp3) is 0.667. The third-order valence-electron chi connectivity index (χ3n) is 1.37. The highest BCUT2D eigenvalue weighted by atomic mass is 127. The summed E-state index contributed by atoms with van der Waals surface area (Å²) in [6.07, 6.45) is 4.14. The molecule has 0 saturated heterocycles. The van der Waals surface area contributed by atoms with E-state index in [4.69, 9.17) is 0 Å². The van der Waals surface area contributed by atoms with E-state index < -0.39 is 0 Å². The molecule has 11 heavy (non-hydrogen) atoms. The summed E-state index contributed by atoms with van der Waals surface area (Å²) in [6, 6.07) is 0. The normalized spacial score (nSPS) is 12.3. The first-order valence-corrected chi connectivity index (χ1v) is 5.07. The summed E-state index contributed by atoms with van der Waals surface area (Å²) in [5.74, 6) is 0.397. The first-order chi connectivity index (χ1) is 5.09. The maximum atomic E-state index is 11.3. The second kappa shape index (κ2) is 5.75. The van der Waals surface area contributed by atoms with E-state index in [1.807, 2.05) is 19.9 Å². The summed E-state index contributed by atoms with van der Waals surface area (Å²) in [4.78, 5) is 11.3. The quantitative estimate of drug-likeness (QED) is 0.563. The van der Waals surface area contributed by atoms with E-state index in [-0.39, 0.29) is 11.7 Å². The summed E-state index contributed by atoms with van der Waals surface area (Å²) in [5, 5.41) is 0. The molecule has 0 aliphatic heterocycles. The summed E-state index contributed by atoms with van der Waals surface area (Å²) in [7, 11) is 0. The molecule has 0 aromatic rings. The third-order valence-corrected chi connectivity index (χ3v) is 2.34. The van der Waals surface area contributed by atoms with E-state index in [9.17, 15) is 4.79 Å². The zero-order valence-electron chi connectivity index (χ0n) is 7.36. The van der Waals surface area contributed by atoms with Crippen molar-refractivity contribution in [1.29, 1.82) is 0 Å². The minimum Gasteiger partial charge on any atom is -0.293 e. The predicted octanol–water partition coefficient (Wildman–Crippen LogP) is 3.33. The van der Waals surface area contributed by atoms with Gasteiger partial charge in [0.05, 0.1) is 3.58 Å². The van der Waals surface area contributed by atoms with Gasteiger partial charge in [0.15, 0.2) is 5.78 Å². The van der Waals surface area contributed by atoms with Crippen molar-refractivity contribution in [3.8, 4) is 0 Å². The van der Waals surface area contributed by atoms with Gasteiger partial charge in [-0.25, -0.2) is 0 Å². The number of hydrogen-bond acceptors (Lipinski definition) is 1. The van der Waals surface area contributed by atoms with E-state index in [1.165, 1.54) is 0 Å². The minimum atomic E-state index is 0.134. The molecule has 0 atom stereocenters. The molecule has 1 nitrogen and oxygen atoms in total. The Morgan fingerprint density at radius 1 is 1.55 bits per heavy atom. The fourth-order valence-electron chi connectivity index (χ4n) is 0.647. The molecule has 64 valence electrons. The zero-order valence-corrected chi connectivity index (χ0v) is 9.51. The van der Waals surface area contributed by atoms with Crippen LogP contribution < -0.4 is 0 Å². The lowest BCUT2D eigenvalue weighted by Gasteiger charge is -2.01. The van der Waals surface area contributed by atoms with Crippen LogP contribution in [0.4, 0.5) is 0 Å². The Kier molecular flexibility index (Phi) is 5.82. The van der Waals surface area contributed by atoms with Crippen molar-refractivity contribution in [1.82, 2.24) is 0 Å². The Bertz CT molecular complexity index is 159. The van der Waals surface area contributed by atoms with Crippen LogP contribution in [0.25, 0.3) is 0 Å². The Balaban J connectivity index is 4.01. The van der Waals surface area contributed by atoms with Gasteiger partial charge in [-0.05, 0) is 29.0 Å². The number of carbonyl (C=O) groups is 1. The molecule has 0 radical (unpaired) electrons. The molecule has 0 unspecified atom stereocenters.